The Labute approximate surface area is 126 Å². The molecule has 0 spiro atoms. The smallest absolute Gasteiger partial charge is 0.252 e. The molecule has 21 heavy (non-hydrogen) atoms. The first-order chi connectivity index (χ1) is 10.1. The third-order valence-corrected chi connectivity index (χ3v) is 3.22. The van der Waals surface area contributed by atoms with Crippen LogP contribution in [-0.2, 0) is 4.74 Å². The second-order valence-corrected chi connectivity index (χ2v) is 4.79. The number of halogens is 2. The predicted octanol–water partition coefficient (Wildman–Crippen LogP) is 2.99. The Morgan fingerprint density at radius 2 is 2.05 bits per heavy atom. The molecule has 0 unspecified atom stereocenters. The number of aromatic nitrogens is 1. The number of hydrogen-bond donors (Lipinski definition) is 1. The lowest BCUT2D eigenvalue weighted by molar-refractivity contribution is 0.0827. The van der Waals surface area contributed by atoms with E-state index in [-0.39, 0.29) is 18.6 Å². The van der Waals surface area contributed by atoms with Gasteiger partial charge in [0, 0.05) is 24.9 Å². The molecule has 110 valence electrons. The number of carbonyl (C=O) groups excluding carboxylic acids is 1. The monoisotopic (exact) mass is 308 g/mol. The molecule has 0 radical (unpaired) electrons. The summed E-state index contributed by atoms with van der Waals surface area (Å²) in [5.41, 5.74) is 1.20. The van der Waals surface area contributed by atoms with Crippen molar-refractivity contribution >= 4 is 17.5 Å². The first kappa shape index (κ1) is 15.4. The average Bonchev–Trinajstić information content (AvgIpc) is 2.50. The van der Waals surface area contributed by atoms with Crippen LogP contribution in [0, 0.1) is 5.95 Å². The maximum Gasteiger partial charge on any atom is 0.252 e. The predicted molar refractivity (Wildman–Crippen MR) is 77.7 cm³/mol. The van der Waals surface area contributed by atoms with E-state index < -0.39 is 5.95 Å². The van der Waals surface area contributed by atoms with Crippen LogP contribution in [0.3, 0.4) is 0 Å². The highest BCUT2D eigenvalue weighted by molar-refractivity contribution is 6.30. The van der Waals surface area contributed by atoms with Crippen molar-refractivity contribution in [1.82, 2.24) is 10.3 Å². The second-order valence-electron chi connectivity index (χ2n) is 4.36. The molecule has 1 amide bonds. The average molecular weight is 309 g/mol. The fourth-order valence-corrected chi connectivity index (χ4v) is 1.94. The van der Waals surface area contributed by atoms with Crippen molar-refractivity contribution in [1.29, 1.82) is 0 Å². The fourth-order valence-electron chi connectivity index (χ4n) is 1.81. The highest BCUT2D eigenvalue weighted by Gasteiger charge is 2.13. The molecule has 1 aromatic heterocycles. The maximum atomic E-state index is 12.7. The third-order valence-electron chi connectivity index (χ3n) is 2.96. The quantitative estimate of drug-likeness (QED) is 0.864. The van der Waals surface area contributed by atoms with Crippen molar-refractivity contribution in [3.63, 3.8) is 0 Å². The molecule has 0 bridgehead atoms. The van der Waals surface area contributed by atoms with Gasteiger partial charge < -0.3 is 10.1 Å². The van der Waals surface area contributed by atoms with Gasteiger partial charge in [-0.1, -0.05) is 23.7 Å². The molecule has 1 N–H and O–H groups in total. The van der Waals surface area contributed by atoms with Crippen LogP contribution in [0.5, 0.6) is 0 Å². The van der Waals surface area contributed by atoms with Crippen molar-refractivity contribution in [2.24, 2.45) is 0 Å². The lowest BCUT2D eigenvalue weighted by atomic mass is 10.1. The van der Waals surface area contributed by atoms with Crippen LogP contribution in [0.4, 0.5) is 4.39 Å². The number of methoxy groups -OCH3 is 1. The number of benzene rings is 1. The summed E-state index contributed by atoms with van der Waals surface area (Å²) in [5.74, 6) is -0.957. The standard InChI is InChI=1S/C15H14ClFN2O2/c1-21-13(10-2-5-12(16)6-3-10)9-19-15(20)11-4-7-14(17)18-8-11/h2-8,13H,9H2,1H3,(H,19,20)/t13-/m0/s1. The number of nitrogens with zero attached hydrogens (tertiary/aromatic N) is 1. The molecule has 1 heterocycles. The first-order valence-electron chi connectivity index (χ1n) is 6.28. The highest BCUT2D eigenvalue weighted by Crippen LogP contribution is 2.18. The minimum Gasteiger partial charge on any atom is -0.375 e. The summed E-state index contributed by atoms with van der Waals surface area (Å²) in [6.45, 7) is 0.286. The van der Waals surface area contributed by atoms with E-state index in [9.17, 15) is 9.18 Å². The zero-order valence-corrected chi connectivity index (χ0v) is 12.1. The summed E-state index contributed by atoms with van der Waals surface area (Å²) >= 11 is 5.83. The number of rotatable bonds is 5. The Bertz CT molecular complexity index is 602. The van der Waals surface area contributed by atoms with Crippen LogP contribution in [0.25, 0.3) is 0 Å². The number of hydrogen-bond acceptors (Lipinski definition) is 3. The van der Waals surface area contributed by atoms with E-state index in [4.69, 9.17) is 16.3 Å². The summed E-state index contributed by atoms with van der Waals surface area (Å²) in [6, 6.07) is 9.71. The summed E-state index contributed by atoms with van der Waals surface area (Å²) in [4.78, 5) is 15.4. The van der Waals surface area contributed by atoms with Gasteiger partial charge in [0.2, 0.25) is 5.95 Å². The minimum atomic E-state index is -0.623. The molecule has 0 aliphatic carbocycles. The summed E-state index contributed by atoms with van der Waals surface area (Å²) in [6.07, 6.45) is 0.897. The number of amides is 1. The van der Waals surface area contributed by atoms with Gasteiger partial charge in [-0.25, -0.2) is 4.98 Å². The van der Waals surface area contributed by atoms with Crippen LogP contribution in [0.2, 0.25) is 5.02 Å². The van der Waals surface area contributed by atoms with Crippen LogP contribution in [0.15, 0.2) is 42.6 Å². The van der Waals surface area contributed by atoms with E-state index in [1.54, 1.807) is 19.2 Å². The van der Waals surface area contributed by atoms with E-state index in [2.05, 4.69) is 10.3 Å². The second kappa shape index (κ2) is 7.15. The number of nitrogens with one attached hydrogen (secondary N) is 1. The summed E-state index contributed by atoms with van der Waals surface area (Å²) in [5, 5.41) is 3.36. The molecular weight excluding hydrogens is 295 g/mol. The van der Waals surface area contributed by atoms with Crippen molar-refractivity contribution in [3.8, 4) is 0 Å². The highest BCUT2D eigenvalue weighted by atomic mass is 35.5. The number of ether oxygens (including phenoxy) is 1. The lowest BCUT2D eigenvalue weighted by Gasteiger charge is -2.16. The van der Waals surface area contributed by atoms with Crippen LogP contribution >= 0.6 is 11.6 Å². The molecule has 0 aliphatic rings. The molecule has 0 aliphatic heterocycles. The lowest BCUT2D eigenvalue weighted by Crippen LogP contribution is -2.29. The molecule has 2 aromatic rings. The summed E-state index contributed by atoms with van der Waals surface area (Å²) in [7, 11) is 1.56. The summed E-state index contributed by atoms with van der Waals surface area (Å²) < 4.78 is 18.0. The first-order valence-corrected chi connectivity index (χ1v) is 6.66. The molecule has 0 saturated heterocycles. The zero-order valence-electron chi connectivity index (χ0n) is 11.3. The van der Waals surface area contributed by atoms with Gasteiger partial charge in [-0.05, 0) is 29.8 Å². The van der Waals surface area contributed by atoms with Crippen LogP contribution in [0.1, 0.15) is 22.0 Å². The Hall–Kier alpha value is -1.98. The molecule has 1 aromatic carbocycles. The Balaban J connectivity index is 1.98. The van der Waals surface area contributed by atoms with Crippen molar-refractivity contribution < 1.29 is 13.9 Å². The maximum absolute atomic E-state index is 12.7. The van der Waals surface area contributed by atoms with Gasteiger partial charge in [-0.2, -0.15) is 4.39 Å². The molecule has 2 rings (SSSR count). The van der Waals surface area contributed by atoms with Crippen molar-refractivity contribution in [3.05, 3.63) is 64.7 Å². The molecule has 4 nitrogen and oxygen atoms in total. The van der Waals surface area contributed by atoms with E-state index >= 15 is 0 Å². The van der Waals surface area contributed by atoms with E-state index in [1.165, 1.54) is 12.3 Å². The Morgan fingerprint density at radius 1 is 1.33 bits per heavy atom. The van der Waals surface area contributed by atoms with Gasteiger partial charge in [-0.3, -0.25) is 4.79 Å². The molecular formula is C15H14ClFN2O2. The van der Waals surface area contributed by atoms with Crippen molar-refractivity contribution in [2.45, 2.75) is 6.10 Å². The Kier molecular flexibility index (Phi) is 5.25. The largest absolute Gasteiger partial charge is 0.375 e. The van der Waals surface area contributed by atoms with Gasteiger partial charge in [0.1, 0.15) is 0 Å². The third kappa shape index (κ3) is 4.24. The van der Waals surface area contributed by atoms with E-state index in [1.807, 2.05) is 12.1 Å². The number of carbonyl (C=O) groups is 1. The number of pyridine rings is 1. The van der Waals surface area contributed by atoms with E-state index in [0.717, 1.165) is 11.6 Å². The van der Waals surface area contributed by atoms with Gasteiger partial charge in [0.15, 0.2) is 0 Å². The SMILES string of the molecule is CO[C@@H](CNC(=O)c1ccc(F)nc1)c1ccc(Cl)cc1. The van der Waals surface area contributed by atoms with Gasteiger partial charge >= 0.3 is 0 Å². The van der Waals surface area contributed by atoms with Crippen molar-refractivity contribution in [2.75, 3.05) is 13.7 Å². The molecule has 0 saturated carbocycles. The van der Waals surface area contributed by atoms with Gasteiger partial charge in [0.05, 0.1) is 11.7 Å². The van der Waals surface area contributed by atoms with Crippen LogP contribution in [-0.4, -0.2) is 24.5 Å². The molecule has 1 atom stereocenters. The molecule has 6 heteroatoms. The normalized spacial score (nSPS) is 12.0. The Morgan fingerprint density at radius 3 is 2.62 bits per heavy atom. The van der Waals surface area contributed by atoms with Gasteiger partial charge in [-0.15, -0.1) is 0 Å². The molecule has 0 fully saturated rings. The van der Waals surface area contributed by atoms with Crippen LogP contribution < -0.4 is 5.32 Å². The zero-order chi connectivity index (χ0) is 15.2. The minimum absolute atomic E-state index is 0.286. The fraction of sp³-hybridized carbons (Fsp3) is 0.200. The van der Waals surface area contributed by atoms with Gasteiger partial charge in [0.25, 0.3) is 5.91 Å². The topological polar surface area (TPSA) is 51.2 Å². The van der Waals surface area contributed by atoms with E-state index in [0.29, 0.717) is 10.6 Å².